The summed E-state index contributed by atoms with van der Waals surface area (Å²) in [5.41, 5.74) is 13.6. The first kappa shape index (κ1) is 35.2. The highest BCUT2D eigenvalue weighted by Crippen LogP contribution is 2.40. The lowest BCUT2D eigenvalue weighted by Crippen LogP contribution is -2.00. The SMILES string of the molecule is c1ccc(-c2nc(-c3ccccc3)nc(-c3ccc4oc5cc(-n6c7ccccc7c7cc(-c8ccc9c(c8)c8ccccc8n9-c8ccccc8)ccc76)ccc5c4c3)n2)cc1. The summed E-state index contributed by atoms with van der Waals surface area (Å²) < 4.78 is 11.3. The quantitative estimate of drug-likeness (QED) is 0.168. The van der Waals surface area contributed by atoms with Crippen molar-refractivity contribution in [3.8, 4) is 56.7 Å². The van der Waals surface area contributed by atoms with E-state index in [0.29, 0.717) is 17.5 Å². The van der Waals surface area contributed by atoms with Crippen LogP contribution in [0.3, 0.4) is 0 Å². The van der Waals surface area contributed by atoms with Gasteiger partial charge in [0.25, 0.3) is 0 Å². The van der Waals surface area contributed by atoms with Crippen LogP contribution >= 0.6 is 0 Å². The fraction of sp³-hybridized carbons (Fsp3) is 0. The molecule has 0 spiro atoms. The molecule has 0 aliphatic rings. The number of aromatic nitrogens is 5. The fourth-order valence-corrected chi connectivity index (χ4v) is 9.42. The standard InChI is InChI=1S/C57H35N5O/c1-4-14-36(15-5-1)55-58-56(37-16-6-2-7-17-37)60-57(59-55)40-26-31-53-48(34-40)45-28-27-42(35-54(45)63-53)62-50-23-13-11-21-44(50)47-33-39(25-30-52(47)62)38-24-29-51-46(32-38)43-20-10-12-22-49(43)61(51)41-18-8-3-9-19-41/h1-35H. The minimum atomic E-state index is 0.610. The Bertz CT molecular complexity index is 3850. The van der Waals surface area contributed by atoms with Gasteiger partial charge in [0.2, 0.25) is 0 Å². The summed E-state index contributed by atoms with van der Waals surface area (Å²) in [7, 11) is 0. The van der Waals surface area contributed by atoms with Gasteiger partial charge in [0.15, 0.2) is 17.5 Å². The summed E-state index contributed by atoms with van der Waals surface area (Å²) in [4.78, 5) is 14.9. The van der Waals surface area contributed by atoms with Crippen molar-refractivity contribution in [3.63, 3.8) is 0 Å². The van der Waals surface area contributed by atoms with Gasteiger partial charge < -0.3 is 13.6 Å². The minimum Gasteiger partial charge on any atom is -0.456 e. The molecule has 0 radical (unpaired) electrons. The molecule has 4 aromatic heterocycles. The first-order chi connectivity index (χ1) is 31.2. The van der Waals surface area contributed by atoms with Crippen LogP contribution in [0.5, 0.6) is 0 Å². The van der Waals surface area contributed by atoms with Crippen molar-refractivity contribution >= 4 is 65.6 Å². The molecule has 6 heteroatoms. The molecular formula is C57H35N5O. The Morgan fingerprint density at radius 1 is 0.270 bits per heavy atom. The number of rotatable bonds is 6. The molecule has 6 nitrogen and oxygen atoms in total. The van der Waals surface area contributed by atoms with E-state index < -0.39 is 0 Å². The number of para-hydroxylation sites is 3. The first-order valence-electron chi connectivity index (χ1n) is 21.2. The van der Waals surface area contributed by atoms with Gasteiger partial charge in [0.1, 0.15) is 11.2 Å². The zero-order valence-corrected chi connectivity index (χ0v) is 33.9. The maximum Gasteiger partial charge on any atom is 0.164 e. The lowest BCUT2D eigenvalue weighted by Gasteiger charge is -2.09. The van der Waals surface area contributed by atoms with Crippen molar-refractivity contribution < 1.29 is 4.42 Å². The number of hydrogen-bond donors (Lipinski definition) is 0. The van der Waals surface area contributed by atoms with E-state index in [4.69, 9.17) is 19.4 Å². The zero-order chi connectivity index (χ0) is 41.4. The highest BCUT2D eigenvalue weighted by Gasteiger charge is 2.19. The Morgan fingerprint density at radius 2 is 0.730 bits per heavy atom. The third-order valence-electron chi connectivity index (χ3n) is 12.4. The van der Waals surface area contributed by atoms with Gasteiger partial charge in [0, 0.05) is 66.4 Å². The predicted octanol–water partition coefficient (Wildman–Crippen LogP) is 14.6. The molecule has 0 saturated heterocycles. The summed E-state index contributed by atoms with van der Waals surface area (Å²) >= 11 is 0. The Morgan fingerprint density at radius 3 is 1.32 bits per heavy atom. The third kappa shape index (κ3) is 5.69. The third-order valence-corrected chi connectivity index (χ3v) is 12.4. The average Bonchev–Trinajstić information content (AvgIpc) is 4.01. The van der Waals surface area contributed by atoms with Crippen LogP contribution in [0.25, 0.3) is 122 Å². The van der Waals surface area contributed by atoms with Gasteiger partial charge in [-0.2, -0.15) is 0 Å². The van der Waals surface area contributed by atoms with E-state index in [-0.39, 0.29) is 0 Å². The predicted molar refractivity (Wildman–Crippen MR) is 258 cm³/mol. The molecule has 0 atom stereocenters. The van der Waals surface area contributed by atoms with Crippen molar-refractivity contribution in [2.24, 2.45) is 0 Å². The molecule has 4 heterocycles. The van der Waals surface area contributed by atoms with Crippen LogP contribution in [-0.4, -0.2) is 24.1 Å². The number of benzene rings is 9. The van der Waals surface area contributed by atoms with E-state index in [1.807, 2.05) is 72.8 Å². The van der Waals surface area contributed by atoms with E-state index in [2.05, 4.69) is 149 Å². The highest BCUT2D eigenvalue weighted by atomic mass is 16.3. The Kier molecular flexibility index (Phi) is 7.80. The van der Waals surface area contributed by atoms with Crippen LogP contribution < -0.4 is 0 Å². The maximum absolute atomic E-state index is 6.60. The summed E-state index contributed by atoms with van der Waals surface area (Å²) in [6.45, 7) is 0. The smallest absolute Gasteiger partial charge is 0.164 e. The van der Waals surface area contributed by atoms with Crippen LogP contribution in [0, 0.1) is 0 Å². The molecule has 63 heavy (non-hydrogen) atoms. The molecule has 294 valence electrons. The molecule has 13 rings (SSSR count). The number of fused-ring (bicyclic) bond motifs is 9. The summed E-state index contributed by atoms with van der Waals surface area (Å²) in [6, 6.07) is 74.6. The molecule has 0 amide bonds. The molecule has 9 aromatic carbocycles. The first-order valence-corrected chi connectivity index (χ1v) is 21.2. The number of hydrogen-bond acceptors (Lipinski definition) is 4. The minimum absolute atomic E-state index is 0.610. The van der Waals surface area contributed by atoms with E-state index in [1.54, 1.807) is 0 Å². The van der Waals surface area contributed by atoms with Gasteiger partial charge in [-0.15, -0.1) is 0 Å². The Hall–Kier alpha value is -8.61. The van der Waals surface area contributed by atoms with Crippen LogP contribution in [0.1, 0.15) is 0 Å². The Labute approximate surface area is 361 Å². The normalized spacial score (nSPS) is 11.8. The largest absolute Gasteiger partial charge is 0.456 e. The van der Waals surface area contributed by atoms with Crippen molar-refractivity contribution in [2.75, 3.05) is 0 Å². The van der Waals surface area contributed by atoms with Gasteiger partial charge in [-0.05, 0) is 90.0 Å². The molecule has 0 N–H and O–H groups in total. The van der Waals surface area contributed by atoms with E-state index in [0.717, 1.165) is 61.0 Å². The Balaban J connectivity index is 0.911. The maximum atomic E-state index is 6.60. The summed E-state index contributed by atoms with van der Waals surface area (Å²) in [5.74, 6) is 1.87. The van der Waals surface area contributed by atoms with E-state index in [9.17, 15) is 0 Å². The van der Waals surface area contributed by atoms with Crippen molar-refractivity contribution in [1.82, 2.24) is 24.1 Å². The van der Waals surface area contributed by atoms with Gasteiger partial charge in [0.05, 0.1) is 22.1 Å². The van der Waals surface area contributed by atoms with Crippen LogP contribution in [0.4, 0.5) is 0 Å². The second-order valence-corrected chi connectivity index (χ2v) is 16.0. The fourth-order valence-electron chi connectivity index (χ4n) is 9.42. The topological polar surface area (TPSA) is 61.7 Å². The molecule has 0 aliphatic heterocycles. The number of furan rings is 1. The molecule has 0 fully saturated rings. The number of nitrogens with zero attached hydrogens (tertiary/aromatic N) is 5. The van der Waals surface area contributed by atoms with Crippen LogP contribution in [0.15, 0.2) is 217 Å². The van der Waals surface area contributed by atoms with E-state index >= 15 is 0 Å². The molecule has 0 unspecified atom stereocenters. The second-order valence-electron chi connectivity index (χ2n) is 16.0. The summed E-state index contributed by atoms with van der Waals surface area (Å²) in [5, 5.41) is 6.92. The summed E-state index contributed by atoms with van der Waals surface area (Å²) in [6.07, 6.45) is 0. The van der Waals surface area contributed by atoms with Gasteiger partial charge in [-0.1, -0.05) is 127 Å². The molecule has 0 bridgehead atoms. The lowest BCUT2D eigenvalue weighted by atomic mass is 10.0. The average molecular weight is 806 g/mol. The zero-order valence-electron chi connectivity index (χ0n) is 33.9. The monoisotopic (exact) mass is 805 g/mol. The highest BCUT2D eigenvalue weighted by molar-refractivity contribution is 6.13. The van der Waals surface area contributed by atoms with Gasteiger partial charge in [-0.3, -0.25) is 0 Å². The molecule has 13 aromatic rings. The lowest BCUT2D eigenvalue weighted by molar-refractivity contribution is 0.668. The molecule has 0 aliphatic carbocycles. The second kappa shape index (κ2) is 14.0. The molecule has 0 saturated carbocycles. The van der Waals surface area contributed by atoms with Crippen molar-refractivity contribution in [3.05, 3.63) is 212 Å². The van der Waals surface area contributed by atoms with Crippen molar-refractivity contribution in [2.45, 2.75) is 0 Å². The molecular weight excluding hydrogens is 771 g/mol. The van der Waals surface area contributed by atoms with Crippen LogP contribution in [-0.2, 0) is 0 Å². The van der Waals surface area contributed by atoms with Gasteiger partial charge in [-0.25, -0.2) is 15.0 Å². The van der Waals surface area contributed by atoms with E-state index in [1.165, 1.54) is 43.7 Å². The van der Waals surface area contributed by atoms with Crippen molar-refractivity contribution in [1.29, 1.82) is 0 Å². The van der Waals surface area contributed by atoms with Gasteiger partial charge >= 0.3 is 0 Å². The van der Waals surface area contributed by atoms with Crippen LogP contribution in [0.2, 0.25) is 0 Å².